The van der Waals surface area contributed by atoms with E-state index in [-0.39, 0.29) is 107 Å². The molecule has 0 aromatic heterocycles. The van der Waals surface area contributed by atoms with Crippen molar-refractivity contribution in [1.29, 1.82) is 0 Å². The minimum Gasteiger partial charge on any atom is -0.460 e. The minimum absolute atomic E-state index is 0.0265. The highest BCUT2D eigenvalue weighted by molar-refractivity contribution is 6.39. The molecule has 450 valence electrons. The van der Waals surface area contributed by atoms with E-state index in [2.05, 4.69) is 0 Å². The first-order chi connectivity index (χ1) is 37.8. The number of hydrogen-bond acceptors (Lipinski definition) is 18. The van der Waals surface area contributed by atoms with Gasteiger partial charge in [-0.05, 0) is 107 Å². The van der Waals surface area contributed by atoms with Gasteiger partial charge in [-0.1, -0.05) is 71.1 Å². The zero-order chi connectivity index (χ0) is 58.1. The fraction of sp³-hybridized carbons (Fsp3) is 0.783. The van der Waals surface area contributed by atoms with Gasteiger partial charge in [0.25, 0.3) is 11.7 Å². The standard InChI is InChI=1S/C60H97NO18/c1-39-15-11-10-12-16-40(2)51(77-32-31-75-30-29-74-28-27-73-25-23-62)37-47-20-18-45(7)60(70,79-47)57(67)58(68)61-22-14-13-17-48(61)59(69)78-52(42(4)35-46-19-21-50(76-26-24-63)53(36-46)71-8)38-49(64)41(3)34-44(6)55(66)56(72-9)54(65)43(5)33-39/h10-12,15-16,34,39,41-43,45-48,50-53,55-56,62-63,66,70H,13-14,17-33,35-38H2,1-9H3/b12-10+,15-11+,40-16+,44-34+/t39-,41-,42-,43-,45-,46+,47+,48+,50-,51?,52+,53-,55-,56+,60-/m1/s1. The van der Waals surface area contributed by atoms with E-state index >= 15 is 0 Å². The first-order valence-corrected chi connectivity index (χ1v) is 28.9. The van der Waals surface area contributed by atoms with E-state index in [0.717, 1.165) is 12.0 Å². The van der Waals surface area contributed by atoms with Crippen LogP contribution in [0.1, 0.15) is 126 Å². The maximum absolute atomic E-state index is 14.6. The number of ketones is 3. The topological polar surface area (TPSA) is 253 Å². The molecule has 4 aliphatic rings. The lowest BCUT2D eigenvalue weighted by Crippen LogP contribution is -2.61. The predicted molar refractivity (Wildman–Crippen MR) is 294 cm³/mol. The number of cyclic esters (lactones) is 1. The number of esters is 1. The van der Waals surface area contributed by atoms with Crippen molar-refractivity contribution in [3.63, 3.8) is 0 Å². The van der Waals surface area contributed by atoms with E-state index in [1.165, 1.54) is 12.0 Å². The van der Waals surface area contributed by atoms with Crippen LogP contribution in [-0.4, -0.2) is 196 Å². The van der Waals surface area contributed by atoms with Gasteiger partial charge in [-0.25, -0.2) is 4.79 Å². The van der Waals surface area contributed by atoms with Crippen molar-refractivity contribution in [2.24, 2.45) is 35.5 Å². The van der Waals surface area contributed by atoms with Gasteiger partial charge in [0.05, 0.1) is 90.5 Å². The number of carbonyl (C=O) groups is 5. The second-order valence-corrected chi connectivity index (χ2v) is 22.4. The van der Waals surface area contributed by atoms with Crippen molar-refractivity contribution >= 4 is 29.2 Å². The van der Waals surface area contributed by atoms with Crippen LogP contribution in [0, 0.1) is 35.5 Å². The van der Waals surface area contributed by atoms with Crippen molar-refractivity contribution in [3.8, 4) is 0 Å². The summed E-state index contributed by atoms with van der Waals surface area (Å²) >= 11 is 0. The van der Waals surface area contributed by atoms with Crippen molar-refractivity contribution in [1.82, 2.24) is 4.90 Å². The Labute approximate surface area is 469 Å². The summed E-state index contributed by atoms with van der Waals surface area (Å²) in [7, 11) is 3.00. The number of rotatable bonds is 20. The average molecular weight is 1120 g/mol. The highest BCUT2D eigenvalue weighted by atomic mass is 16.6. The van der Waals surface area contributed by atoms with Crippen LogP contribution >= 0.6 is 0 Å². The molecule has 2 saturated heterocycles. The van der Waals surface area contributed by atoms with Gasteiger partial charge in [0.1, 0.15) is 30.1 Å². The Morgan fingerprint density at radius 2 is 1.43 bits per heavy atom. The lowest BCUT2D eigenvalue weighted by Gasteiger charge is -2.43. The number of ether oxygens (including phenoxy) is 9. The number of methoxy groups -OCH3 is 2. The predicted octanol–water partition coefficient (Wildman–Crippen LogP) is 5.61. The molecule has 4 N–H and O–H groups in total. The van der Waals surface area contributed by atoms with Crippen LogP contribution in [0.15, 0.2) is 47.6 Å². The van der Waals surface area contributed by atoms with Gasteiger partial charge in [0.2, 0.25) is 5.79 Å². The third-order valence-corrected chi connectivity index (χ3v) is 16.1. The molecule has 1 aliphatic carbocycles. The van der Waals surface area contributed by atoms with Gasteiger partial charge in [0, 0.05) is 51.4 Å². The van der Waals surface area contributed by atoms with Crippen molar-refractivity contribution in [3.05, 3.63) is 47.6 Å². The smallest absolute Gasteiger partial charge is 0.329 e. The molecule has 15 atom stereocenters. The number of aliphatic hydroxyl groups excluding tert-OH is 3. The SMILES string of the molecule is CO[C@@H]1C[C@H](C[C@@H](C)[C@@H]2CC(=O)[C@H](C)/C=C(\C)[C@@H](O)[C@@H](OC)C(=O)[C@H](C)C[C@H](C)/C=C/C=C/C=C(\C)C(OCCOCCOCCOCCO)C[C@@H]3CC[C@@H](C)[C@@](O)(O3)C(=O)C(=O)N3CCCC[C@H]3C(=O)O2)CC[C@H]1OCCO. The largest absolute Gasteiger partial charge is 0.460 e. The van der Waals surface area contributed by atoms with Gasteiger partial charge < -0.3 is 68.0 Å². The zero-order valence-corrected chi connectivity index (χ0v) is 48.8. The summed E-state index contributed by atoms with van der Waals surface area (Å²) in [5.74, 6) is -8.35. The second kappa shape index (κ2) is 35.4. The van der Waals surface area contributed by atoms with Crippen molar-refractivity contribution in [2.45, 2.75) is 180 Å². The Morgan fingerprint density at radius 3 is 2.10 bits per heavy atom. The van der Waals surface area contributed by atoms with E-state index in [4.69, 9.17) is 47.7 Å². The number of aliphatic hydroxyl groups is 4. The van der Waals surface area contributed by atoms with Crippen LogP contribution in [0.5, 0.6) is 0 Å². The molecule has 0 aromatic rings. The van der Waals surface area contributed by atoms with E-state index in [1.807, 2.05) is 51.2 Å². The Bertz CT molecular complexity index is 2010. The highest BCUT2D eigenvalue weighted by Crippen LogP contribution is 2.38. The van der Waals surface area contributed by atoms with Crippen LogP contribution in [0.25, 0.3) is 0 Å². The molecule has 3 fully saturated rings. The molecule has 19 nitrogen and oxygen atoms in total. The Kier molecular flexibility index (Phi) is 30.5. The molecule has 2 bridgehead atoms. The number of piperidine rings is 1. The average Bonchev–Trinajstić information content (AvgIpc) is 3.45. The quantitative estimate of drug-likeness (QED) is 0.0500. The highest BCUT2D eigenvalue weighted by Gasteiger charge is 2.53. The third-order valence-electron chi connectivity index (χ3n) is 16.1. The summed E-state index contributed by atoms with van der Waals surface area (Å²) < 4.78 is 52.9. The van der Waals surface area contributed by atoms with Crippen LogP contribution < -0.4 is 0 Å². The van der Waals surface area contributed by atoms with E-state index < -0.39 is 77.8 Å². The van der Waals surface area contributed by atoms with E-state index in [9.17, 15) is 39.3 Å². The summed E-state index contributed by atoms with van der Waals surface area (Å²) in [6.45, 7) is 14.8. The first-order valence-electron chi connectivity index (χ1n) is 28.9. The Hall–Kier alpha value is -3.57. The van der Waals surface area contributed by atoms with Crippen LogP contribution in [0.3, 0.4) is 0 Å². The summed E-state index contributed by atoms with van der Waals surface area (Å²) in [4.78, 5) is 73.0. The molecule has 0 spiro atoms. The molecule has 79 heavy (non-hydrogen) atoms. The molecule has 0 radical (unpaired) electrons. The maximum atomic E-state index is 14.6. The number of fused-ring (bicyclic) bond motifs is 3. The van der Waals surface area contributed by atoms with E-state index in [0.29, 0.717) is 83.4 Å². The molecular weight excluding hydrogens is 1020 g/mol. The fourth-order valence-electron chi connectivity index (χ4n) is 11.3. The van der Waals surface area contributed by atoms with Gasteiger partial charge >= 0.3 is 5.97 Å². The number of amides is 1. The van der Waals surface area contributed by atoms with Crippen molar-refractivity contribution in [2.75, 3.05) is 86.8 Å². The molecule has 4 rings (SSSR count). The molecular formula is C60H97NO18. The third kappa shape index (κ3) is 21.3. The lowest BCUT2D eigenvalue weighted by atomic mass is 9.78. The Morgan fingerprint density at radius 1 is 0.747 bits per heavy atom. The molecule has 3 heterocycles. The number of nitrogens with zero attached hydrogens (tertiary/aromatic N) is 1. The second-order valence-electron chi connectivity index (χ2n) is 22.4. The normalized spacial score (nSPS) is 35.4. The lowest BCUT2D eigenvalue weighted by molar-refractivity contribution is -0.266. The number of carbonyl (C=O) groups excluding carboxylic acids is 5. The summed E-state index contributed by atoms with van der Waals surface area (Å²) in [5, 5.41) is 42.1. The monoisotopic (exact) mass is 1120 g/mol. The van der Waals surface area contributed by atoms with E-state index in [1.54, 1.807) is 40.9 Å². The molecule has 1 unspecified atom stereocenters. The summed E-state index contributed by atoms with van der Waals surface area (Å²) in [5.41, 5.74) is 1.19. The van der Waals surface area contributed by atoms with Crippen LogP contribution in [0.4, 0.5) is 0 Å². The van der Waals surface area contributed by atoms with Gasteiger partial charge in [-0.15, -0.1) is 0 Å². The number of Topliss-reactive ketones (excluding diaryl/α,β-unsaturated/α-hetero) is 3. The number of hydrogen-bond donors (Lipinski definition) is 4. The van der Waals surface area contributed by atoms with Crippen molar-refractivity contribution < 1.29 is 87.0 Å². The fourth-order valence-corrected chi connectivity index (χ4v) is 11.3. The van der Waals surface area contributed by atoms with Crippen LogP contribution in [0.2, 0.25) is 0 Å². The molecule has 1 amide bonds. The zero-order valence-electron chi connectivity index (χ0n) is 48.8. The molecule has 1 saturated carbocycles. The van der Waals surface area contributed by atoms with Gasteiger partial charge in [-0.3, -0.25) is 19.2 Å². The minimum atomic E-state index is -2.50. The first kappa shape index (κ1) is 67.9. The molecule has 19 heteroatoms. The van der Waals surface area contributed by atoms with Gasteiger partial charge in [-0.2, -0.15) is 0 Å². The maximum Gasteiger partial charge on any atom is 0.329 e. The molecule has 3 aliphatic heterocycles. The number of allylic oxidation sites excluding steroid dienone is 6. The molecule has 0 aromatic carbocycles. The Balaban J connectivity index is 1.66. The van der Waals surface area contributed by atoms with Crippen LogP contribution in [-0.2, 0) is 66.6 Å². The summed E-state index contributed by atoms with van der Waals surface area (Å²) in [6, 6.07) is -1.18. The van der Waals surface area contributed by atoms with Gasteiger partial charge in [0.15, 0.2) is 5.78 Å². The summed E-state index contributed by atoms with van der Waals surface area (Å²) in [6.07, 6.45) is 11.2.